The van der Waals surface area contributed by atoms with Gasteiger partial charge in [0, 0.05) is 24.3 Å². The fourth-order valence-electron chi connectivity index (χ4n) is 3.18. The number of benzene rings is 2. The Balaban J connectivity index is 1.66. The lowest BCUT2D eigenvalue weighted by Gasteiger charge is -2.20. The Morgan fingerprint density at radius 1 is 1.19 bits per heavy atom. The van der Waals surface area contributed by atoms with Crippen molar-refractivity contribution in [2.45, 2.75) is 46.1 Å². The van der Waals surface area contributed by atoms with Crippen LogP contribution in [0.3, 0.4) is 0 Å². The molecule has 1 unspecified atom stereocenters. The molecule has 1 N–H and O–H groups in total. The number of nitrogens with zero attached hydrogens (tertiary/aromatic N) is 1. The SMILES string of the molecule is CCC(Oc1cc(C)ccc1C)C(=O)Nc1ccc(N2CCCC2=O)cc1. The number of aryl methyl sites for hydroxylation is 2. The molecule has 0 spiro atoms. The maximum Gasteiger partial charge on any atom is 0.265 e. The van der Waals surface area contributed by atoms with Crippen LogP contribution >= 0.6 is 0 Å². The molecular formula is C22H26N2O3. The summed E-state index contributed by atoms with van der Waals surface area (Å²) in [6.45, 7) is 6.65. The minimum atomic E-state index is -0.565. The molecule has 0 aliphatic carbocycles. The predicted molar refractivity (Wildman–Crippen MR) is 107 cm³/mol. The molecule has 1 heterocycles. The minimum absolute atomic E-state index is 0.153. The van der Waals surface area contributed by atoms with E-state index in [1.807, 2.05) is 63.2 Å². The Kier molecular flexibility index (Phi) is 5.79. The molecule has 1 aliphatic rings. The predicted octanol–water partition coefficient (Wildman–Crippen LogP) is 4.23. The Morgan fingerprint density at radius 3 is 2.56 bits per heavy atom. The average molecular weight is 366 g/mol. The molecule has 2 amide bonds. The smallest absolute Gasteiger partial charge is 0.265 e. The van der Waals surface area contributed by atoms with Crippen LogP contribution in [0, 0.1) is 13.8 Å². The summed E-state index contributed by atoms with van der Waals surface area (Å²) in [5, 5.41) is 2.91. The summed E-state index contributed by atoms with van der Waals surface area (Å²) in [5.74, 6) is 0.711. The van der Waals surface area contributed by atoms with Crippen LogP contribution in [0.2, 0.25) is 0 Å². The quantitative estimate of drug-likeness (QED) is 0.832. The van der Waals surface area contributed by atoms with Crippen molar-refractivity contribution < 1.29 is 14.3 Å². The van der Waals surface area contributed by atoms with E-state index in [0.29, 0.717) is 18.5 Å². The minimum Gasteiger partial charge on any atom is -0.480 e. The van der Waals surface area contributed by atoms with E-state index in [9.17, 15) is 9.59 Å². The van der Waals surface area contributed by atoms with Crippen LogP contribution in [0.5, 0.6) is 5.75 Å². The zero-order valence-corrected chi connectivity index (χ0v) is 16.1. The molecule has 0 radical (unpaired) electrons. The summed E-state index contributed by atoms with van der Waals surface area (Å²) in [6.07, 6.45) is 1.50. The zero-order valence-electron chi connectivity index (χ0n) is 16.1. The van der Waals surface area contributed by atoms with Crippen molar-refractivity contribution in [2.75, 3.05) is 16.8 Å². The van der Waals surface area contributed by atoms with E-state index in [2.05, 4.69) is 5.32 Å². The Hall–Kier alpha value is -2.82. The first-order valence-corrected chi connectivity index (χ1v) is 9.43. The molecule has 0 saturated carbocycles. The first kappa shape index (κ1) is 19.0. The molecule has 27 heavy (non-hydrogen) atoms. The van der Waals surface area contributed by atoms with Crippen LogP contribution in [-0.4, -0.2) is 24.5 Å². The lowest BCUT2D eigenvalue weighted by Crippen LogP contribution is -2.32. The molecule has 1 aliphatic heterocycles. The van der Waals surface area contributed by atoms with Gasteiger partial charge in [-0.15, -0.1) is 0 Å². The number of carbonyl (C=O) groups is 2. The van der Waals surface area contributed by atoms with Crippen molar-refractivity contribution in [3.63, 3.8) is 0 Å². The van der Waals surface area contributed by atoms with Crippen LogP contribution in [0.4, 0.5) is 11.4 Å². The first-order valence-electron chi connectivity index (χ1n) is 9.43. The molecule has 1 atom stereocenters. The van der Waals surface area contributed by atoms with Crippen LogP contribution in [0.25, 0.3) is 0 Å². The van der Waals surface area contributed by atoms with Crippen molar-refractivity contribution in [1.29, 1.82) is 0 Å². The van der Waals surface area contributed by atoms with Gasteiger partial charge in [-0.05, 0) is 68.1 Å². The maximum atomic E-state index is 12.6. The van der Waals surface area contributed by atoms with Gasteiger partial charge in [0.25, 0.3) is 5.91 Å². The standard InChI is InChI=1S/C22H26N2O3/c1-4-19(27-20-14-15(2)7-8-16(20)3)22(26)23-17-9-11-18(12-10-17)24-13-5-6-21(24)25/h7-12,14,19H,4-6,13H2,1-3H3,(H,23,26). The van der Waals surface area contributed by atoms with Crippen molar-refractivity contribution in [3.05, 3.63) is 53.6 Å². The summed E-state index contributed by atoms with van der Waals surface area (Å²) in [5.41, 5.74) is 3.66. The van der Waals surface area contributed by atoms with Crippen molar-refractivity contribution in [1.82, 2.24) is 0 Å². The molecule has 0 bridgehead atoms. The summed E-state index contributed by atoms with van der Waals surface area (Å²) < 4.78 is 5.96. The van der Waals surface area contributed by atoms with Gasteiger partial charge in [0.05, 0.1) is 0 Å². The fourth-order valence-corrected chi connectivity index (χ4v) is 3.18. The molecule has 5 nitrogen and oxygen atoms in total. The van der Waals surface area contributed by atoms with Gasteiger partial charge in [-0.2, -0.15) is 0 Å². The molecule has 2 aromatic rings. The van der Waals surface area contributed by atoms with E-state index in [1.165, 1.54) is 0 Å². The van der Waals surface area contributed by atoms with Gasteiger partial charge in [-0.1, -0.05) is 19.1 Å². The zero-order chi connectivity index (χ0) is 19.4. The van der Waals surface area contributed by atoms with E-state index in [1.54, 1.807) is 4.90 Å². The second kappa shape index (κ2) is 8.25. The number of hydrogen-bond acceptors (Lipinski definition) is 3. The lowest BCUT2D eigenvalue weighted by molar-refractivity contribution is -0.122. The summed E-state index contributed by atoms with van der Waals surface area (Å²) in [4.78, 5) is 26.2. The van der Waals surface area contributed by atoms with E-state index in [-0.39, 0.29) is 11.8 Å². The highest BCUT2D eigenvalue weighted by atomic mass is 16.5. The summed E-state index contributed by atoms with van der Waals surface area (Å²) in [6, 6.07) is 13.3. The van der Waals surface area contributed by atoms with E-state index in [4.69, 9.17) is 4.74 Å². The van der Waals surface area contributed by atoms with E-state index < -0.39 is 6.10 Å². The van der Waals surface area contributed by atoms with Gasteiger partial charge in [0.1, 0.15) is 5.75 Å². The Morgan fingerprint density at radius 2 is 1.93 bits per heavy atom. The third kappa shape index (κ3) is 4.48. The number of rotatable bonds is 6. The van der Waals surface area contributed by atoms with Gasteiger partial charge >= 0.3 is 0 Å². The number of amides is 2. The highest BCUT2D eigenvalue weighted by molar-refractivity contribution is 5.97. The highest BCUT2D eigenvalue weighted by Crippen LogP contribution is 2.24. The van der Waals surface area contributed by atoms with Gasteiger partial charge in [-0.25, -0.2) is 0 Å². The fraction of sp³-hybridized carbons (Fsp3) is 0.364. The third-order valence-corrected chi connectivity index (χ3v) is 4.80. The Bertz CT molecular complexity index is 830. The number of ether oxygens (including phenoxy) is 1. The Labute approximate surface area is 160 Å². The molecule has 142 valence electrons. The lowest BCUT2D eigenvalue weighted by atomic mass is 10.1. The first-order chi connectivity index (χ1) is 13.0. The van der Waals surface area contributed by atoms with Crippen LogP contribution in [0.1, 0.15) is 37.3 Å². The largest absolute Gasteiger partial charge is 0.480 e. The number of carbonyl (C=O) groups excluding carboxylic acids is 2. The second-order valence-corrected chi connectivity index (χ2v) is 6.97. The van der Waals surface area contributed by atoms with Crippen molar-refractivity contribution in [3.8, 4) is 5.75 Å². The molecule has 3 rings (SSSR count). The van der Waals surface area contributed by atoms with Crippen molar-refractivity contribution in [2.24, 2.45) is 0 Å². The molecule has 1 saturated heterocycles. The van der Waals surface area contributed by atoms with Gasteiger partial charge in [-0.3, -0.25) is 9.59 Å². The topological polar surface area (TPSA) is 58.6 Å². The third-order valence-electron chi connectivity index (χ3n) is 4.80. The number of anilines is 2. The van der Waals surface area contributed by atoms with Crippen LogP contribution in [-0.2, 0) is 9.59 Å². The molecular weight excluding hydrogens is 340 g/mol. The van der Waals surface area contributed by atoms with E-state index in [0.717, 1.165) is 35.5 Å². The van der Waals surface area contributed by atoms with Crippen LogP contribution in [0.15, 0.2) is 42.5 Å². The molecule has 5 heteroatoms. The number of nitrogens with one attached hydrogen (secondary N) is 1. The molecule has 2 aromatic carbocycles. The second-order valence-electron chi connectivity index (χ2n) is 6.97. The normalized spacial score (nSPS) is 14.9. The molecule has 1 fully saturated rings. The maximum absolute atomic E-state index is 12.6. The van der Waals surface area contributed by atoms with Crippen LogP contribution < -0.4 is 15.0 Å². The monoisotopic (exact) mass is 366 g/mol. The summed E-state index contributed by atoms with van der Waals surface area (Å²) in [7, 11) is 0. The van der Waals surface area contributed by atoms with Gasteiger partial charge in [0.15, 0.2) is 6.10 Å². The molecule has 0 aromatic heterocycles. The van der Waals surface area contributed by atoms with Gasteiger partial charge in [0.2, 0.25) is 5.91 Å². The van der Waals surface area contributed by atoms with Crippen molar-refractivity contribution >= 4 is 23.2 Å². The highest BCUT2D eigenvalue weighted by Gasteiger charge is 2.22. The number of hydrogen-bond donors (Lipinski definition) is 1. The van der Waals surface area contributed by atoms with E-state index >= 15 is 0 Å². The summed E-state index contributed by atoms with van der Waals surface area (Å²) >= 11 is 0. The van der Waals surface area contributed by atoms with Gasteiger partial charge < -0.3 is 15.0 Å². The average Bonchev–Trinajstić information content (AvgIpc) is 3.09.